The smallest absolute Gasteiger partial charge is 0.257 e. The van der Waals surface area contributed by atoms with Gasteiger partial charge in [0.05, 0.1) is 11.8 Å². The van der Waals surface area contributed by atoms with Crippen LogP contribution in [-0.4, -0.2) is 46.2 Å². The minimum absolute atomic E-state index is 0.0274. The van der Waals surface area contributed by atoms with Gasteiger partial charge in [0, 0.05) is 26.1 Å². The molecule has 2 atom stereocenters. The number of carbonyl (C=O) groups is 1. The van der Waals surface area contributed by atoms with Crippen LogP contribution in [0, 0.1) is 11.8 Å². The van der Waals surface area contributed by atoms with Crippen molar-refractivity contribution in [1.29, 1.82) is 0 Å². The van der Waals surface area contributed by atoms with Crippen LogP contribution in [0.1, 0.15) is 40.8 Å². The van der Waals surface area contributed by atoms with Crippen molar-refractivity contribution < 1.29 is 13.9 Å². The van der Waals surface area contributed by atoms with E-state index in [4.69, 9.17) is 9.15 Å². The standard InChI is InChI=1S/C16H20N4O3/c1-22-9-14-17-15(19-18-14)13-7-20(6-12(13)10-2-3-10)16(21)11-4-5-23-8-11/h4-5,8,10,12-13H,2-3,6-7,9H2,1H3,(H,17,18,19)/t12-,13+/m1/s1. The highest BCUT2D eigenvalue weighted by atomic mass is 16.5. The van der Waals surface area contributed by atoms with E-state index in [0.717, 1.165) is 18.2 Å². The lowest BCUT2D eigenvalue weighted by Gasteiger charge is -2.14. The van der Waals surface area contributed by atoms with E-state index in [0.29, 0.717) is 30.6 Å². The molecule has 1 saturated carbocycles. The molecule has 1 amide bonds. The third-order valence-electron chi connectivity index (χ3n) is 4.81. The summed E-state index contributed by atoms with van der Waals surface area (Å²) in [5, 5.41) is 7.29. The molecule has 122 valence electrons. The van der Waals surface area contributed by atoms with Gasteiger partial charge in [0.1, 0.15) is 12.9 Å². The van der Waals surface area contributed by atoms with Crippen LogP contribution in [0.15, 0.2) is 23.0 Å². The van der Waals surface area contributed by atoms with Crippen molar-refractivity contribution in [3.63, 3.8) is 0 Å². The highest BCUT2D eigenvalue weighted by Crippen LogP contribution is 2.47. The van der Waals surface area contributed by atoms with E-state index < -0.39 is 0 Å². The summed E-state index contributed by atoms with van der Waals surface area (Å²) in [6.45, 7) is 1.86. The largest absolute Gasteiger partial charge is 0.472 e. The number of furan rings is 1. The highest BCUT2D eigenvalue weighted by Gasteiger charge is 2.46. The van der Waals surface area contributed by atoms with Crippen molar-refractivity contribution >= 4 is 5.91 Å². The van der Waals surface area contributed by atoms with Crippen molar-refractivity contribution in [2.75, 3.05) is 20.2 Å². The number of amides is 1. The summed E-state index contributed by atoms with van der Waals surface area (Å²) in [6.07, 6.45) is 5.52. The molecule has 2 fully saturated rings. The molecule has 7 heteroatoms. The number of hydrogen-bond acceptors (Lipinski definition) is 5. The van der Waals surface area contributed by atoms with Crippen LogP contribution in [0.4, 0.5) is 0 Å². The Morgan fingerprint density at radius 1 is 1.48 bits per heavy atom. The van der Waals surface area contributed by atoms with Gasteiger partial charge in [-0.2, -0.15) is 5.10 Å². The number of nitrogens with one attached hydrogen (secondary N) is 1. The van der Waals surface area contributed by atoms with E-state index in [1.165, 1.54) is 25.4 Å². The highest BCUT2D eigenvalue weighted by molar-refractivity contribution is 5.94. The third kappa shape index (κ3) is 2.76. The van der Waals surface area contributed by atoms with Gasteiger partial charge in [-0.15, -0.1) is 0 Å². The van der Waals surface area contributed by atoms with Gasteiger partial charge >= 0.3 is 0 Å². The Kier molecular flexibility index (Phi) is 3.65. The summed E-state index contributed by atoms with van der Waals surface area (Å²) in [5.41, 5.74) is 0.607. The summed E-state index contributed by atoms with van der Waals surface area (Å²) in [4.78, 5) is 19.0. The van der Waals surface area contributed by atoms with Crippen LogP contribution in [0.2, 0.25) is 0 Å². The predicted octanol–water partition coefficient (Wildman–Crippen LogP) is 1.81. The lowest BCUT2D eigenvalue weighted by Crippen LogP contribution is -2.28. The Balaban J connectivity index is 1.54. The monoisotopic (exact) mass is 316 g/mol. The van der Waals surface area contributed by atoms with Gasteiger partial charge in [-0.25, -0.2) is 4.98 Å². The predicted molar refractivity (Wildman–Crippen MR) is 80.7 cm³/mol. The number of ether oxygens (including phenoxy) is 1. The molecular formula is C16H20N4O3. The Labute approximate surface area is 134 Å². The van der Waals surface area contributed by atoms with Crippen LogP contribution in [0.5, 0.6) is 0 Å². The molecule has 1 aliphatic heterocycles. The van der Waals surface area contributed by atoms with E-state index >= 15 is 0 Å². The third-order valence-corrected chi connectivity index (χ3v) is 4.81. The number of H-pyrrole nitrogens is 1. The first-order valence-corrected chi connectivity index (χ1v) is 7.98. The summed E-state index contributed by atoms with van der Waals surface area (Å²) < 4.78 is 10.1. The second kappa shape index (κ2) is 5.81. The van der Waals surface area contributed by atoms with E-state index in [-0.39, 0.29) is 11.8 Å². The number of methoxy groups -OCH3 is 1. The average Bonchev–Trinajstić information content (AvgIpc) is 3.01. The Morgan fingerprint density at radius 2 is 2.35 bits per heavy atom. The van der Waals surface area contributed by atoms with Crippen LogP contribution in [-0.2, 0) is 11.3 Å². The Morgan fingerprint density at radius 3 is 3.04 bits per heavy atom. The normalized spacial score (nSPS) is 24.3. The summed E-state index contributed by atoms with van der Waals surface area (Å²) >= 11 is 0. The molecule has 0 bridgehead atoms. The first-order valence-electron chi connectivity index (χ1n) is 7.98. The van der Waals surface area contributed by atoms with Gasteiger partial charge < -0.3 is 14.1 Å². The van der Waals surface area contributed by atoms with Crippen molar-refractivity contribution in [3.05, 3.63) is 35.8 Å². The molecule has 2 aromatic heterocycles. The van der Waals surface area contributed by atoms with Gasteiger partial charge in [0.2, 0.25) is 0 Å². The number of hydrogen-bond donors (Lipinski definition) is 1. The molecule has 0 radical (unpaired) electrons. The molecule has 1 aliphatic carbocycles. The van der Waals surface area contributed by atoms with Crippen LogP contribution < -0.4 is 0 Å². The Bertz CT molecular complexity index is 677. The minimum Gasteiger partial charge on any atom is -0.472 e. The van der Waals surface area contributed by atoms with Gasteiger partial charge in [0.25, 0.3) is 5.91 Å². The molecule has 2 aliphatic rings. The summed E-state index contributed by atoms with van der Waals surface area (Å²) in [6, 6.07) is 1.71. The molecule has 1 saturated heterocycles. The molecule has 0 aromatic carbocycles. The summed E-state index contributed by atoms with van der Waals surface area (Å²) in [7, 11) is 1.63. The maximum absolute atomic E-state index is 12.6. The summed E-state index contributed by atoms with van der Waals surface area (Å²) in [5.74, 6) is 2.89. The van der Waals surface area contributed by atoms with E-state index in [2.05, 4.69) is 15.2 Å². The van der Waals surface area contributed by atoms with Crippen LogP contribution in [0.3, 0.4) is 0 Å². The number of nitrogens with zero attached hydrogens (tertiary/aromatic N) is 3. The van der Waals surface area contributed by atoms with Crippen molar-refractivity contribution in [1.82, 2.24) is 20.1 Å². The van der Waals surface area contributed by atoms with Crippen LogP contribution in [0.25, 0.3) is 0 Å². The van der Waals surface area contributed by atoms with Crippen LogP contribution >= 0.6 is 0 Å². The Hall–Kier alpha value is -2.15. The fraction of sp³-hybridized carbons (Fsp3) is 0.562. The minimum atomic E-state index is 0.0274. The van der Waals surface area contributed by atoms with Crippen molar-refractivity contribution in [2.24, 2.45) is 11.8 Å². The molecular weight excluding hydrogens is 296 g/mol. The van der Waals surface area contributed by atoms with Crippen molar-refractivity contribution in [3.8, 4) is 0 Å². The first kappa shape index (κ1) is 14.4. The fourth-order valence-corrected chi connectivity index (χ4v) is 3.52. The number of carbonyl (C=O) groups excluding carboxylic acids is 1. The number of aromatic nitrogens is 3. The number of likely N-dealkylation sites (tertiary alicyclic amines) is 1. The molecule has 23 heavy (non-hydrogen) atoms. The lowest BCUT2D eigenvalue weighted by atomic mass is 9.91. The van der Waals surface area contributed by atoms with Gasteiger partial charge in [-0.3, -0.25) is 9.89 Å². The zero-order chi connectivity index (χ0) is 15.8. The lowest BCUT2D eigenvalue weighted by molar-refractivity contribution is 0.0784. The molecule has 4 rings (SSSR count). The topological polar surface area (TPSA) is 84.2 Å². The molecule has 1 N–H and O–H groups in total. The SMILES string of the molecule is COCc1nc([C@H]2CN(C(=O)c3ccoc3)C[C@@H]2C2CC2)n[nH]1. The first-order chi connectivity index (χ1) is 11.3. The van der Waals surface area contributed by atoms with E-state index in [1.807, 2.05) is 4.90 Å². The van der Waals surface area contributed by atoms with Gasteiger partial charge in [-0.05, 0) is 30.7 Å². The molecule has 7 nitrogen and oxygen atoms in total. The number of rotatable bonds is 5. The number of aromatic amines is 1. The molecule has 0 unspecified atom stereocenters. The van der Waals surface area contributed by atoms with E-state index in [9.17, 15) is 4.79 Å². The fourth-order valence-electron chi connectivity index (χ4n) is 3.52. The van der Waals surface area contributed by atoms with E-state index in [1.54, 1.807) is 13.2 Å². The van der Waals surface area contributed by atoms with Gasteiger partial charge in [-0.1, -0.05) is 0 Å². The van der Waals surface area contributed by atoms with Gasteiger partial charge in [0.15, 0.2) is 11.6 Å². The second-order valence-electron chi connectivity index (χ2n) is 6.40. The van der Waals surface area contributed by atoms with Crippen molar-refractivity contribution in [2.45, 2.75) is 25.4 Å². The maximum Gasteiger partial charge on any atom is 0.257 e. The molecule has 3 heterocycles. The second-order valence-corrected chi connectivity index (χ2v) is 6.40. The maximum atomic E-state index is 12.6. The quantitative estimate of drug-likeness (QED) is 0.909. The molecule has 2 aromatic rings. The zero-order valence-corrected chi connectivity index (χ0v) is 13.1. The zero-order valence-electron chi connectivity index (χ0n) is 13.1. The average molecular weight is 316 g/mol. The molecule has 0 spiro atoms.